The summed E-state index contributed by atoms with van der Waals surface area (Å²) in [4.78, 5) is 27.3. The molecule has 0 fully saturated rings. The summed E-state index contributed by atoms with van der Waals surface area (Å²) >= 11 is 0. The molecule has 2 amide bonds. The number of hydrogen-bond acceptors (Lipinski definition) is 3. The summed E-state index contributed by atoms with van der Waals surface area (Å²) in [5.41, 5.74) is 2.46. The van der Waals surface area contributed by atoms with Gasteiger partial charge in [-0.05, 0) is 55.8 Å². The number of anilines is 1. The van der Waals surface area contributed by atoms with E-state index in [9.17, 15) is 9.59 Å². The van der Waals surface area contributed by atoms with Crippen molar-refractivity contribution < 1.29 is 14.3 Å². The summed E-state index contributed by atoms with van der Waals surface area (Å²) in [5, 5.41) is 2.86. The van der Waals surface area contributed by atoms with Crippen molar-refractivity contribution in [3.8, 4) is 5.75 Å². The summed E-state index contributed by atoms with van der Waals surface area (Å²) in [6, 6.07) is 23.8. The molecule has 0 aliphatic heterocycles. The first-order valence-electron chi connectivity index (χ1n) is 9.90. The van der Waals surface area contributed by atoms with E-state index in [1.165, 1.54) is 0 Å². The lowest BCUT2D eigenvalue weighted by Crippen LogP contribution is -2.27. The number of rotatable bonds is 7. The quantitative estimate of drug-likeness (QED) is 0.605. The van der Waals surface area contributed by atoms with Gasteiger partial charge in [-0.1, -0.05) is 42.5 Å². The second-order valence-corrected chi connectivity index (χ2v) is 7.34. The second-order valence-electron chi connectivity index (χ2n) is 7.34. The zero-order valence-corrected chi connectivity index (χ0v) is 17.5. The maximum absolute atomic E-state index is 13.0. The number of ether oxygens (including phenoxy) is 1. The molecule has 3 aromatic carbocycles. The Morgan fingerprint density at radius 2 is 1.53 bits per heavy atom. The molecule has 5 heteroatoms. The van der Waals surface area contributed by atoms with Gasteiger partial charge in [-0.3, -0.25) is 9.59 Å². The maximum atomic E-state index is 13.0. The fraction of sp³-hybridized carbons (Fsp3) is 0.200. The molecular formula is C25H26N2O3. The molecule has 0 spiro atoms. The van der Waals surface area contributed by atoms with Crippen LogP contribution in [-0.4, -0.2) is 29.9 Å². The average molecular weight is 402 g/mol. The summed E-state index contributed by atoms with van der Waals surface area (Å²) in [6.07, 6.45) is 0.0652. The largest absolute Gasteiger partial charge is 0.491 e. The molecule has 0 heterocycles. The Balaban J connectivity index is 1.73. The third-order valence-electron chi connectivity index (χ3n) is 4.50. The topological polar surface area (TPSA) is 58.6 Å². The number of hydrogen-bond donors (Lipinski definition) is 1. The van der Waals surface area contributed by atoms with Crippen molar-refractivity contribution in [2.45, 2.75) is 26.5 Å². The van der Waals surface area contributed by atoms with E-state index in [4.69, 9.17) is 4.74 Å². The first-order chi connectivity index (χ1) is 14.4. The highest BCUT2D eigenvalue weighted by atomic mass is 16.5. The molecule has 3 rings (SSSR count). The number of benzene rings is 3. The molecule has 0 unspecified atom stereocenters. The summed E-state index contributed by atoms with van der Waals surface area (Å²) in [7, 11) is 1.75. The normalized spacial score (nSPS) is 10.5. The van der Waals surface area contributed by atoms with Crippen LogP contribution in [0.4, 0.5) is 5.69 Å². The Morgan fingerprint density at radius 3 is 2.20 bits per heavy atom. The maximum Gasteiger partial charge on any atom is 0.256 e. The van der Waals surface area contributed by atoms with Crippen molar-refractivity contribution in [3.05, 3.63) is 95.6 Å². The number of carbonyl (C=O) groups is 2. The van der Waals surface area contributed by atoms with Gasteiger partial charge in [-0.2, -0.15) is 0 Å². The first kappa shape index (κ1) is 21.1. The van der Waals surface area contributed by atoms with E-state index >= 15 is 0 Å². The standard InChI is InChI=1S/C25H26N2O3/c1-18(2)30-21-15-13-20(14-16-21)24(28)26-23-12-8-7-11-22(23)25(29)27(3)17-19-9-5-4-6-10-19/h4-16,18H,17H2,1-3H3,(H,26,28). The molecule has 0 saturated heterocycles. The predicted octanol–water partition coefficient (Wildman–Crippen LogP) is 5.00. The van der Waals surface area contributed by atoms with Gasteiger partial charge in [-0.25, -0.2) is 0 Å². The number of nitrogens with zero attached hydrogens (tertiary/aromatic N) is 1. The van der Waals surface area contributed by atoms with Crippen LogP contribution in [0.15, 0.2) is 78.9 Å². The van der Waals surface area contributed by atoms with E-state index < -0.39 is 0 Å². The average Bonchev–Trinajstić information content (AvgIpc) is 2.74. The van der Waals surface area contributed by atoms with Crippen LogP contribution in [-0.2, 0) is 6.54 Å². The molecule has 0 bridgehead atoms. The molecule has 0 aliphatic rings. The van der Waals surface area contributed by atoms with Gasteiger partial charge in [0, 0.05) is 19.2 Å². The lowest BCUT2D eigenvalue weighted by Gasteiger charge is -2.19. The third kappa shape index (κ3) is 5.47. The molecule has 154 valence electrons. The van der Waals surface area contributed by atoms with Crippen LogP contribution >= 0.6 is 0 Å². The lowest BCUT2D eigenvalue weighted by atomic mass is 10.1. The molecule has 0 aliphatic carbocycles. The van der Waals surface area contributed by atoms with Gasteiger partial charge in [0.25, 0.3) is 11.8 Å². The zero-order valence-electron chi connectivity index (χ0n) is 17.5. The number of nitrogens with one attached hydrogen (secondary N) is 1. The Morgan fingerprint density at radius 1 is 0.900 bits per heavy atom. The van der Waals surface area contributed by atoms with Crippen LogP contribution in [0, 0.1) is 0 Å². The summed E-state index contributed by atoms with van der Waals surface area (Å²) in [6.45, 7) is 4.38. The highest BCUT2D eigenvalue weighted by Gasteiger charge is 2.17. The van der Waals surface area contributed by atoms with Crippen LogP contribution in [0.25, 0.3) is 0 Å². The van der Waals surface area contributed by atoms with Crippen LogP contribution < -0.4 is 10.1 Å². The number of amides is 2. The Bertz CT molecular complexity index is 998. The van der Waals surface area contributed by atoms with Crippen LogP contribution in [0.2, 0.25) is 0 Å². The Hall–Kier alpha value is -3.60. The van der Waals surface area contributed by atoms with Gasteiger partial charge >= 0.3 is 0 Å². The Labute approximate surface area is 177 Å². The van der Waals surface area contributed by atoms with Gasteiger partial charge < -0.3 is 15.0 Å². The summed E-state index contributed by atoms with van der Waals surface area (Å²) < 4.78 is 5.61. The van der Waals surface area contributed by atoms with Crippen LogP contribution in [0.3, 0.4) is 0 Å². The SMILES string of the molecule is CC(C)Oc1ccc(C(=O)Nc2ccccc2C(=O)N(C)Cc2ccccc2)cc1. The van der Waals surface area contributed by atoms with Crippen molar-refractivity contribution in [1.29, 1.82) is 0 Å². The van der Waals surface area contributed by atoms with Crippen LogP contribution in [0.5, 0.6) is 5.75 Å². The van der Waals surface area contributed by atoms with Gasteiger partial charge in [0.15, 0.2) is 0 Å². The van der Waals surface area contributed by atoms with E-state index in [0.717, 1.165) is 5.56 Å². The van der Waals surface area contributed by atoms with Gasteiger partial charge in [-0.15, -0.1) is 0 Å². The Kier molecular flexibility index (Phi) is 6.86. The van der Waals surface area contributed by atoms with Gasteiger partial charge in [0.05, 0.1) is 17.4 Å². The minimum atomic E-state index is -0.281. The van der Waals surface area contributed by atoms with E-state index in [-0.39, 0.29) is 17.9 Å². The highest BCUT2D eigenvalue weighted by molar-refractivity contribution is 6.09. The molecular weight excluding hydrogens is 376 g/mol. The number of carbonyl (C=O) groups excluding carboxylic acids is 2. The first-order valence-corrected chi connectivity index (χ1v) is 9.90. The smallest absolute Gasteiger partial charge is 0.256 e. The van der Waals surface area contributed by atoms with Gasteiger partial charge in [0.1, 0.15) is 5.75 Å². The zero-order chi connectivity index (χ0) is 21.5. The van der Waals surface area contributed by atoms with Crippen LogP contribution in [0.1, 0.15) is 40.1 Å². The molecule has 0 saturated carbocycles. The summed E-state index contributed by atoms with van der Waals surface area (Å²) in [5.74, 6) is 0.271. The fourth-order valence-electron chi connectivity index (χ4n) is 3.06. The molecule has 5 nitrogen and oxygen atoms in total. The fourth-order valence-corrected chi connectivity index (χ4v) is 3.06. The van der Waals surface area contributed by atoms with E-state index in [1.807, 2.05) is 44.2 Å². The minimum absolute atomic E-state index is 0.0652. The minimum Gasteiger partial charge on any atom is -0.491 e. The van der Waals surface area contributed by atoms with Crippen molar-refractivity contribution in [2.24, 2.45) is 0 Å². The molecule has 3 aromatic rings. The predicted molar refractivity (Wildman–Crippen MR) is 119 cm³/mol. The third-order valence-corrected chi connectivity index (χ3v) is 4.50. The monoisotopic (exact) mass is 402 g/mol. The van der Waals surface area contributed by atoms with E-state index in [1.54, 1.807) is 60.5 Å². The second kappa shape index (κ2) is 9.74. The molecule has 1 N–H and O–H groups in total. The van der Waals surface area contributed by atoms with Crippen molar-refractivity contribution in [3.63, 3.8) is 0 Å². The van der Waals surface area contributed by atoms with E-state index in [0.29, 0.717) is 29.1 Å². The molecule has 0 aromatic heterocycles. The molecule has 30 heavy (non-hydrogen) atoms. The lowest BCUT2D eigenvalue weighted by molar-refractivity contribution is 0.0786. The van der Waals surface area contributed by atoms with E-state index in [2.05, 4.69) is 5.32 Å². The number of para-hydroxylation sites is 1. The molecule has 0 atom stereocenters. The van der Waals surface area contributed by atoms with Gasteiger partial charge in [0.2, 0.25) is 0 Å². The van der Waals surface area contributed by atoms with Crippen molar-refractivity contribution in [2.75, 3.05) is 12.4 Å². The molecule has 0 radical (unpaired) electrons. The highest BCUT2D eigenvalue weighted by Crippen LogP contribution is 2.20. The van der Waals surface area contributed by atoms with Crippen molar-refractivity contribution >= 4 is 17.5 Å². The van der Waals surface area contributed by atoms with Crippen molar-refractivity contribution in [1.82, 2.24) is 4.90 Å².